The number of hydrogen-bond donors (Lipinski definition) is 1. The summed E-state index contributed by atoms with van der Waals surface area (Å²) in [4.78, 5) is 0. The Bertz CT molecular complexity index is 404. The average Bonchev–Trinajstić information content (AvgIpc) is 2.10. The van der Waals surface area contributed by atoms with Gasteiger partial charge in [0.2, 0.25) is 0 Å². The van der Waals surface area contributed by atoms with Gasteiger partial charge < -0.3 is 9.84 Å². The molecule has 0 radical (unpaired) electrons. The molecule has 0 fully saturated rings. The molecule has 0 spiro atoms. The summed E-state index contributed by atoms with van der Waals surface area (Å²) in [5.74, 6) is -0.521. The van der Waals surface area contributed by atoms with Crippen LogP contribution in [0.25, 0.3) is 0 Å². The lowest BCUT2D eigenvalue weighted by Crippen LogP contribution is -2.35. The molecule has 1 aliphatic heterocycles. The molecule has 1 aromatic rings. The van der Waals surface area contributed by atoms with E-state index >= 15 is 0 Å². The summed E-state index contributed by atoms with van der Waals surface area (Å²) in [6, 6.07) is 3.03. The fourth-order valence-corrected chi connectivity index (χ4v) is 1.96. The molecule has 1 aliphatic rings. The van der Waals surface area contributed by atoms with Crippen molar-refractivity contribution in [3.63, 3.8) is 0 Å². The van der Waals surface area contributed by atoms with E-state index in [0.29, 0.717) is 12.0 Å². The lowest BCUT2D eigenvalue weighted by atomic mass is 9.92. The Morgan fingerprint density at radius 2 is 2.20 bits per heavy atom. The second-order valence-corrected chi connectivity index (χ2v) is 4.77. The van der Waals surface area contributed by atoms with Gasteiger partial charge >= 0.3 is 0 Å². The largest absolute Gasteiger partial charge is 0.484 e. The van der Waals surface area contributed by atoms with E-state index in [-0.39, 0.29) is 10.8 Å². The monoisotopic (exact) mass is 230 g/mol. The van der Waals surface area contributed by atoms with Crippen LogP contribution in [-0.2, 0) is 0 Å². The molecule has 1 N–H and O–H groups in total. The Kier molecular flexibility index (Phi) is 2.40. The second-order valence-electron chi connectivity index (χ2n) is 4.36. The van der Waals surface area contributed by atoms with Crippen molar-refractivity contribution >= 4 is 11.6 Å². The molecule has 1 atom stereocenters. The van der Waals surface area contributed by atoms with E-state index in [1.165, 1.54) is 6.07 Å². The minimum absolute atomic E-state index is 0.0126. The standard InChI is InChI=1S/C11H12ClFO2/c1-11(2)5-8(14)6-3-4-7(12)9(13)10(6)15-11/h3-4,8,14H,5H2,1-2H3. The zero-order valence-electron chi connectivity index (χ0n) is 8.55. The van der Waals surface area contributed by atoms with Crippen LogP contribution < -0.4 is 4.74 Å². The van der Waals surface area contributed by atoms with Gasteiger partial charge in [-0.1, -0.05) is 17.7 Å². The van der Waals surface area contributed by atoms with E-state index < -0.39 is 17.5 Å². The topological polar surface area (TPSA) is 29.5 Å². The summed E-state index contributed by atoms with van der Waals surface area (Å²) in [5, 5.41) is 9.84. The first-order chi connectivity index (χ1) is 6.91. The van der Waals surface area contributed by atoms with Crippen molar-refractivity contribution in [3.8, 4) is 5.75 Å². The minimum atomic E-state index is -0.699. The quantitative estimate of drug-likeness (QED) is 0.742. The molecule has 0 amide bonds. The van der Waals surface area contributed by atoms with E-state index in [9.17, 15) is 9.50 Å². The number of hydrogen-bond acceptors (Lipinski definition) is 2. The molecule has 4 heteroatoms. The molecule has 0 saturated carbocycles. The first-order valence-corrected chi connectivity index (χ1v) is 5.13. The molecule has 1 aromatic carbocycles. The van der Waals surface area contributed by atoms with Gasteiger partial charge in [0.15, 0.2) is 11.6 Å². The number of fused-ring (bicyclic) bond motifs is 1. The van der Waals surface area contributed by atoms with Crippen molar-refractivity contribution in [1.29, 1.82) is 0 Å². The van der Waals surface area contributed by atoms with Crippen LogP contribution in [0, 0.1) is 5.82 Å². The van der Waals surface area contributed by atoms with Gasteiger partial charge in [0, 0.05) is 12.0 Å². The molecular formula is C11H12ClFO2. The van der Waals surface area contributed by atoms with Crippen LogP contribution >= 0.6 is 11.6 Å². The number of aliphatic hydroxyl groups is 1. The summed E-state index contributed by atoms with van der Waals surface area (Å²) in [6.45, 7) is 3.61. The Morgan fingerprint density at radius 3 is 2.87 bits per heavy atom. The molecule has 15 heavy (non-hydrogen) atoms. The zero-order chi connectivity index (χ0) is 11.2. The maximum absolute atomic E-state index is 13.6. The van der Waals surface area contributed by atoms with Gasteiger partial charge in [-0.05, 0) is 19.9 Å². The van der Waals surface area contributed by atoms with Crippen molar-refractivity contribution in [2.75, 3.05) is 0 Å². The molecule has 1 unspecified atom stereocenters. The maximum Gasteiger partial charge on any atom is 0.184 e. The van der Waals surface area contributed by atoms with Crippen LogP contribution in [0.3, 0.4) is 0 Å². The summed E-state index contributed by atoms with van der Waals surface area (Å²) < 4.78 is 19.1. The lowest BCUT2D eigenvalue weighted by molar-refractivity contribution is 0.00805. The van der Waals surface area contributed by atoms with Gasteiger partial charge in [0.05, 0.1) is 11.1 Å². The summed E-state index contributed by atoms with van der Waals surface area (Å²) in [6.07, 6.45) is -0.253. The molecule has 2 rings (SSSR count). The van der Waals surface area contributed by atoms with Crippen molar-refractivity contribution in [2.45, 2.75) is 32.0 Å². The first kappa shape index (κ1) is 10.7. The highest BCUT2D eigenvalue weighted by molar-refractivity contribution is 6.30. The minimum Gasteiger partial charge on any atom is -0.484 e. The Hall–Kier alpha value is -0.800. The lowest BCUT2D eigenvalue weighted by Gasteiger charge is -2.35. The fourth-order valence-electron chi connectivity index (χ4n) is 1.81. The predicted octanol–water partition coefficient (Wildman–Crippen LogP) is 3.07. The van der Waals surface area contributed by atoms with Crippen molar-refractivity contribution in [2.24, 2.45) is 0 Å². The van der Waals surface area contributed by atoms with Crippen molar-refractivity contribution in [3.05, 3.63) is 28.5 Å². The molecule has 0 aliphatic carbocycles. The van der Waals surface area contributed by atoms with Crippen LogP contribution in [0.2, 0.25) is 5.02 Å². The Morgan fingerprint density at radius 1 is 1.53 bits per heavy atom. The van der Waals surface area contributed by atoms with E-state index in [2.05, 4.69) is 0 Å². The van der Waals surface area contributed by atoms with Gasteiger partial charge in [-0.25, -0.2) is 4.39 Å². The van der Waals surface area contributed by atoms with Crippen LogP contribution in [0.15, 0.2) is 12.1 Å². The van der Waals surface area contributed by atoms with Gasteiger partial charge in [-0.15, -0.1) is 0 Å². The highest BCUT2D eigenvalue weighted by atomic mass is 35.5. The third-order valence-electron chi connectivity index (χ3n) is 2.50. The smallest absolute Gasteiger partial charge is 0.184 e. The molecule has 2 nitrogen and oxygen atoms in total. The first-order valence-electron chi connectivity index (χ1n) is 4.76. The third-order valence-corrected chi connectivity index (χ3v) is 2.79. The van der Waals surface area contributed by atoms with Crippen molar-refractivity contribution < 1.29 is 14.2 Å². The second kappa shape index (κ2) is 3.35. The Balaban J connectivity index is 2.56. The number of benzene rings is 1. The number of aliphatic hydroxyl groups excluding tert-OH is 1. The Labute approximate surface area is 92.6 Å². The van der Waals surface area contributed by atoms with Crippen LogP contribution in [0.4, 0.5) is 4.39 Å². The van der Waals surface area contributed by atoms with Gasteiger partial charge in [0.1, 0.15) is 5.60 Å². The van der Waals surface area contributed by atoms with E-state index in [4.69, 9.17) is 16.3 Å². The van der Waals surface area contributed by atoms with E-state index in [0.717, 1.165) is 0 Å². The fraction of sp³-hybridized carbons (Fsp3) is 0.455. The number of halogens is 2. The summed E-state index contributed by atoms with van der Waals surface area (Å²) in [5.41, 5.74) is -0.103. The molecule has 0 aromatic heterocycles. The van der Waals surface area contributed by atoms with Gasteiger partial charge in [-0.3, -0.25) is 0 Å². The summed E-state index contributed by atoms with van der Waals surface area (Å²) >= 11 is 5.65. The normalized spacial score (nSPS) is 23.1. The van der Waals surface area contributed by atoms with Crippen LogP contribution in [0.1, 0.15) is 31.9 Å². The molecular weight excluding hydrogens is 219 g/mol. The highest BCUT2D eigenvalue weighted by Crippen LogP contribution is 2.42. The van der Waals surface area contributed by atoms with Crippen LogP contribution in [-0.4, -0.2) is 10.7 Å². The maximum atomic E-state index is 13.6. The van der Waals surface area contributed by atoms with Crippen molar-refractivity contribution in [1.82, 2.24) is 0 Å². The van der Waals surface area contributed by atoms with E-state index in [1.54, 1.807) is 19.9 Å². The molecule has 82 valence electrons. The highest BCUT2D eigenvalue weighted by Gasteiger charge is 2.34. The zero-order valence-corrected chi connectivity index (χ0v) is 9.31. The van der Waals surface area contributed by atoms with E-state index in [1.807, 2.05) is 0 Å². The predicted molar refractivity (Wildman–Crippen MR) is 55.7 cm³/mol. The summed E-state index contributed by atoms with van der Waals surface area (Å²) in [7, 11) is 0. The van der Waals surface area contributed by atoms with Gasteiger partial charge in [0.25, 0.3) is 0 Å². The number of rotatable bonds is 0. The molecule has 0 saturated heterocycles. The molecule has 1 heterocycles. The molecule has 0 bridgehead atoms. The van der Waals surface area contributed by atoms with Gasteiger partial charge in [-0.2, -0.15) is 0 Å². The number of ether oxygens (including phenoxy) is 1. The average molecular weight is 231 g/mol. The van der Waals surface area contributed by atoms with Crippen LogP contribution in [0.5, 0.6) is 5.75 Å². The third kappa shape index (κ3) is 1.82. The SMILES string of the molecule is CC1(C)CC(O)c2ccc(Cl)c(F)c2O1.